The third-order valence-corrected chi connectivity index (χ3v) is 5.10. The monoisotopic (exact) mass is 270 g/mol. The van der Waals surface area contributed by atoms with Gasteiger partial charge in [0.2, 0.25) is 0 Å². The fourth-order valence-corrected chi connectivity index (χ4v) is 4.22. The van der Waals surface area contributed by atoms with E-state index < -0.39 is 0 Å². The summed E-state index contributed by atoms with van der Waals surface area (Å²) in [5, 5.41) is 3.65. The van der Waals surface area contributed by atoms with Crippen LogP contribution >= 0.6 is 0 Å². The normalized spacial score (nSPS) is 21.8. The van der Waals surface area contributed by atoms with E-state index in [2.05, 4.69) is 38.0 Å². The molecule has 0 spiro atoms. The molecule has 1 saturated carbocycles. The molecule has 3 nitrogen and oxygen atoms in total. The third kappa shape index (κ3) is 3.71. The Kier molecular flexibility index (Phi) is 7.33. The van der Waals surface area contributed by atoms with Crippen molar-refractivity contribution in [2.75, 3.05) is 33.9 Å². The number of nitrogens with zero attached hydrogens (tertiary/aromatic N) is 1. The van der Waals surface area contributed by atoms with E-state index in [4.69, 9.17) is 4.74 Å². The van der Waals surface area contributed by atoms with Gasteiger partial charge in [-0.05, 0) is 45.3 Å². The van der Waals surface area contributed by atoms with E-state index in [9.17, 15) is 0 Å². The lowest BCUT2D eigenvalue weighted by Crippen LogP contribution is -2.61. The van der Waals surface area contributed by atoms with Crippen LogP contribution in [0.15, 0.2) is 0 Å². The van der Waals surface area contributed by atoms with E-state index in [0.29, 0.717) is 17.5 Å². The standard InChI is InChI=1S/C16H34N2O/c1-6-18(7-2)16(11-8-9-12-16)15(17-4)14(3)10-13-19-5/h14-15,17H,6-13H2,1-5H3. The first-order valence-electron chi connectivity index (χ1n) is 8.07. The quantitative estimate of drug-likeness (QED) is 0.697. The molecule has 0 heterocycles. The van der Waals surface area contributed by atoms with Crippen LogP contribution in [0, 0.1) is 5.92 Å². The lowest BCUT2D eigenvalue weighted by Gasteiger charge is -2.48. The SMILES string of the molecule is CCN(CC)C1(C(NC)C(C)CCOC)CCCC1. The molecule has 0 saturated heterocycles. The second-order valence-electron chi connectivity index (χ2n) is 6.01. The third-order valence-electron chi connectivity index (χ3n) is 5.10. The Morgan fingerprint density at radius 1 is 1.21 bits per heavy atom. The molecule has 0 aliphatic heterocycles. The minimum atomic E-state index is 0.366. The van der Waals surface area contributed by atoms with E-state index in [1.807, 2.05) is 0 Å². The summed E-state index contributed by atoms with van der Waals surface area (Å²) >= 11 is 0. The highest BCUT2D eigenvalue weighted by molar-refractivity contribution is 5.04. The molecule has 1 aliphatic rings. The molecule has 3 heteroatoms. The molecule has 1 rings (SSSR count). The molecular formula is C16H34N2O. The molecule has 0 radical (unpaired) electrons. The van der Waals surface area contributed by atoms with Gasteiger partial charge in [-0.3, -0.25) is 4.90 Å². The minimum Gasteiger partial charge on any atom is -0.385 e. The number of rotatable bonds is 9. The van der Waals surface area contributed by atoms with Crippen molar-refractivity contribution in [2.45, 2.75) is 64.5 Å². The second kappa shape index (κ2) is 8.23. The summed E-state index contributed by atoms with van der Waals surface area (Å²) in [7, 11) is 3.94. The number of ether oxygens (including phenoxy) is 1. The van der Waals surface area contributed by atoms with Gasteiger partial charge in [-0.25, -0.2) is 0 Å². The molecule has 0 bridgehead atoms. The summed E-state index contributed by atoms with van der Waals surface area (Å²) in [6.45, 7) is 10.2. The number of likely N-dealkylation sites (N-methyl/N-ethyl adjacent to an activating group) is 2. The van der Waals surface area contributed by atoms with Crippen molar-refractivity contribution in [3.05, 3.63) is 0 Å². The Bertz CT molecular complexity index is 235. The maximum atomic E-state index is 5.27. The van der Waals surface area contributed by atoms with Crippen molar-refractivity contribution in [3.63, 3.8) is 0 Å². The van der Waals surface area contributed by atoms with Gasteiger partial charge in [0, 0.05) is 25.3 Å². The molecular weight excluding hydrogens is 236 g/mol. The highest BCUT2D eigenvalue weighted by atomic mass is 16.5. The van der Waals surface area contributed by atoms with Crippen molar-refractivity contribution in [1.82, 2.24) is 10.2 Å². The largest absolute Gasteiger partial charge is 0.385 e. The molecule has 0 aromatic heterocycles. The molecule has 1 N–H and O–H groups in total. The van der Waals surface area contributed by atoms with E-state index in [0.717, 1.165) is 26.1 Å². The van der Waals surface area contributed by atoms with Crippen LogP contribution < -0.4 is 5.32 Å². The molecule has 1 fully saturated rings. The smallest absolute Gasteiger partial charge is 0.0465 e. The molecule has 0 amide bonds. The number of methoxy groups -OCH3 is 1. The van der Waals surface area contributed by atoms with E-state index >= 15 is 0 Å². The fraction of sp³-hybridized carbons (Fsp3) is 1.00. The zero-order valence-corrected chi connectivity index (χ0v) is 13.7. The van der Waals surface area contributed by atoms with Gasteiger partial charge in [0.25, 0.3) is 0 Å². The van der Waals surface area contributed by atoms with Crippen LogP contribution in [-0.4, -0.2) is 50.3 Å². The Labute approximate surface area is 120 Å². The van der Waals surface area contributed by atoms with Crippen LogP contribution in [0.5, 0.6) is 0 Å². The predicted molar refractivity (Wildman–Crippen MR) is 82.6 cm³/mol. The Hall–Kier alpha value is -0.120. The maximum Gasteiger partial charge on any atom is 0.0465 e. The molecule has 114 valence electrons. The van der Waals surface area contributed by atoms with Crippen LogP contribution in [-0.2, 0) is 4.74 Å². The lowest BCUT2D eigenvalue weighted by atomic mass is 9.78. The summed E-state index contributed by atoms with van der Waals surface area (Å²) in [6, 6.07) is 0.574. The average Bonchev–Trinajstić information content (AvgIpc) is 2.89. The molecule has 19 heavy (non-hydrogen) atoms. The summed E-state index contributed by atoms with van der Waals surface area (Å²) in [5.41, 5.74) is 0.366. The molecule has 1 aliphatic carbocycles. The van der Waals surface area contributed by atoms with Crippen molar-refractivity contribution in [3.8, 4) is 0 Å². The van der Waals surface area contributed by atoms with Crippen LogP contribution in [0.25, 0.3) is 0 Å². The molecule has 2 unspecified atom stereocenters. The van der Waals surface area contributed by atoms with Gasteiger partial charge in [-0.15, -0.1) is 0 Å². The maximum absolute atomic E-state index is 5.27. The number of hydrogen-bond donors (Lipinski definition) is 1. The van der Waals surface area contributed by atoms with Crippen LogP contribution in [0.4, 0.5) is 0 Å². The van der Waals surface area contributed by atoms with E-state index in [-0.39, 0.29) is 0 Å². The Morgan fingerprint density at radius 2 is 1.79 bits per heavy atom. The summed E-state index contributed by atoms with van der Waals surface area (Å²) < 4.78 is 5.27. The van der Waals surface area contributed by atoms with Gasteiger partial charge in [-0.2, -0.15) is 0 Å². The Balaban J connectivity index is 2.87. The lowest BCUT2D eigenvalue weighted by molar-refractivity contribution is 0.0379. The summed E-state index contributed by atoms with van der Waals surface area (Å²) in [6.07, 6.45) is 6.59. The fourth-order valence-electron chi connectivity index (χ4n) is 4.22. The Morgan fingerprint density at radius 3 is 2.21 bits per heavy atom. The van der Waals surface area contributed by atoms with Gasteiger partial charge in [0.15, 0.2) is 0 Å². The van der Waals surface area contributed by atoms with Gasteiger partial charge < -0.3 is 10.1 Å². The first-order chi connectivity index (χ1) is 9.16. The summed E-state index contributed by atoms with van der Waals surface area (Å²) in [5.74, 6) is 0.656. The van der Waals surface area contributed by atoms with Crippen molar-refractivity contribution in [2.24, 2.45) is 5.92 Å². The van der Waals surface area contributed by atoms with Gasteiger partial charge >= 0.3 is 0 Å². The zero-order valence-electron chi connectivity index (χ0n) is 13.7. The second-order valence-corrected chi connectivity index (χ2v) is 6.01. The first kappa shape index (κ1) is 16.9. The minimum absolute atomic E-state index is 0.366. The molecule has 0 aromatic rings. The van der Waals surface area contributed by atoms with Crippen LogP contribution in [0.1, 0.15) is 52.9 Å². The van der Waals surface area contributed by atoms with Crippen molar-refractivity contribution >= 4 is 0 Å². The number of hydrogen-bond acceptors (Lipinski definition) is 3. The number of nitrogens with one attached hydrogen (secondary N) is 1. The van der Waals surface area contributed by atoms with Crippen molar-refractivity contribution < 1.29 is 4.74 Å². The summed E-state index contributed by atoms with van der Waals surface area (Å²) in [4.78, 5) is 2.70. The highest BCUT2D eigenvalue weighted by Crippen LogP contribution is 2.40. The van der Waals surface area contributed by atoms with Crippen molar-refractivity contribution in [1.29, 1.82) is 0 Å². The van der Waals surface area contributed by atoms with E-state index in [1.165, 1.54) is 25.7 Å². The highest BCUT2D eigenvalue weighted by Gasteiger charge is 2.45. The van der Waals surface area contributed by atoms with Gasteiger partial charge in [0.1, 0.15) is 0 Å². The van der Waals surface area contributed by atoms with Crippen LogP contribution in [0.3, 0.4) is 0 Å². The van der Waals surface area contributed by atoms with Gasteiger partial charge in [-0.1, -0.05) is 33.6 Å². The van der Waals surface area contributed by atoms with Gasteiger partial charge in [0.05, 0.1) is 0 Å². The topological polar surface area (TPSA) is 24.5 Å². The van der Waals surface area contributed by atoms with E-state index in [1.54, 1.807) is 7.11 Å². The average molecular weight is 270 g/mol. The predicted octanol–water partition coefficient (Wildman–Crippen LogP) is 2.90. The zero-order chi connectivity index (χ0) is 14.3. The first-order valence-corrected chi connectivity index (χ1v) is 8.07. The molecule has 0 aromatic carbocycles. The molecule has 2 atom stereocenters. The van der Waals surface area contributed by atoms with Crippen LogP contribution in [0.2, 0.25) is 0 Å².